The van der Waals surface area contributed by atoms with Crippen LogP contribution in [-0.4, -0.2) is 6.79 Å². The zero-order chi connectivity index (χ0) is 23.8. The second-order valence-electron chi connectivity index (χ2n) is 7.54. The van der Waals surface area contributed by atoms with E-state index in [-0.39, 0.29) is 19.3 Å². The summed E-state index contributed by atoms with van der Waals surface area (Å²) in [5.74, 6) is 1.79. The summed E-state index contributed by atoms with van der Waals surface area (Å²) in [5, 5.41) is 19.2. The minimum Gasteiger partial charge on any atom is -0.486 e. The van der Waals surface area contributed by atoms with Crippen LogP contribution < -0.4 is 24.7 Å². The van der Waals surface area contributed by atoms with Crippen molar-refractivity contribution in [2.75, 3.05) is 6.79 Å². The van der Waals surface area contributed by atoms with Crippen LogP contribution in [0.5, 0.6) is 23.0 Å². The number of nitrogens with zero attached hydrogens (tertiary/aromatic N) is 2. The van der Waals surface area contributed by atoms with Gasteiger partial charge in [0.25, 0.3) is 0 Å². The Morgan fingerprint density at radius 1 is 0.971 bits per heavy atom. The predicted octanol–water partition coefficient (Wildman–Crippen LogP) is 5.61. The molecule has 1 unspecified atom stereocenters. The number of hydrogen-bond donors (Lipinski definition) is 1. The second kappa shape index (κ2) is 8.94. The highest BCUT2D eigenvalue weighted by Gasteiger charge is 2.34. The molecule has 2 aliphatic rings. The predicted molar refractivity (Wildman–Crippen MR) is 129 cm³/mol. The number of nitrogens with two attached hydrogens (primary N) is 1. The molecule has 7 nitrogen and oxygen atoms in total. The van der Waals surface area contributed by atoms with Crippen molar-refractivity contribution >= 4 is 31.9 Å². The topological polar surface area (TPSA) is 111 Å². The van der Waals surface area contributed by atoms with Crippen molar-refractivity contribution in [1.82, 2.24) is 0 Å². The van der Waals surface area contributed by atoms with Crippen molar-refractivity contribution in [1.29, 1.82) is 10.5 Å². The Morgan fingerprint density at radius 2 is 1.68 bits per heavy atom. The average molecular weight is 581 g/mol. The van der Waals surface area contributed by atoms with Gasteiger partial charge in [0.05, 0.1) is 26.5 Å². The molecule has 0 radical (unpaired) electrons. The van der Waals surface area contributed by atoms with Crippen LogP contribution in [0, 0.1) is 22.7 Å². The third kappa shape index (κ3) is 3.83. The molecule has 0 bridgehead atoms. The molecule has 0 saturated carbocycles. The summed E-state index contributed by atoms with van der Waals surface area (Å²) in [6, 6.07) is 18.9. The third-order valence-corrected chi connectivity index (χ3v) is 6.75. The standard InChI is InChI=1S/C25H15Br2N3O4/c26-18-5-15(6-19(27)24(18)31-11-14-4-2-1-3-13(14)9-28)23-16-7-21-22(33-12-32-21)8-20(16)34-25(30)17(23)10-29/h1-8,23H,11-12,30H2. The molecule has 0 aliphatic carbocycles. The Morgan fingerprint density at radius 3 is 2.38 bits per heavy atom. The SMILES string of the molecule is N#CC1=C(N)Oc2cc3c(cc2C1c1cc(Br)c(OCc2ccccc2C#N)c(Br)c1)OCO3. The zero-order valence-corrected chi connectivity index (χ0v) is 20.6. The van der Waals surface area contributed by atoms with Crippen molar-refractivity contribution < 1.29 is 18.9 Å². The summed E-state index contributed by atoms with van der Waals surface area (Å²) in [6.45, 7) is 0.342. The summed E-state index contributed by atoms with van der Waals surface area (Å²) < 4.78 is 24.1. The van der Waals surface area contributed by atoms with Gasteiger partial charge in [-0.2, -0.15) is 10.5 Å². The molecule has 0 spiro atoms. The van der Waals surface area contributed by atoms with Gasteiger partial charge < -0.3 is 24.7 Å². The van der Waals surface area contributed by atoms with Gasteiger partial charge in [-0.05, 0) is 61.7 Å². The summed E-state index contributed by atoms with van der Waals surface area (Å²) in [5.41, 5.74) is 9.28. The van der Waals surface area contributed by atoms with Gasteiger partial charge in [0.15, 0.2) is 11.5 Å². The molecule has 1 atom stereocenters. The number of ether oxygens (including phenoxy) is 4. The Hall–Kier alpha value is -3.66. The smallest absolute Gasteiger partial charge is 0.231 e. The van der Waals surface area contributed by atoms with Crippen molar-refractivity contribution in [3.8, 4) is 35.1 Å². The van der Waals surface area contributed by atoms with E-state index in [4.69, 9.17) is 24.7 Å². The Bertz CT molecular complexity index is 1420. The molecular weight excluding hydrogens is 566 g/mol. The highest BCUT2D eigenvalue weighted by molar-refractivity contribution is 9.11. The van der Waals surface area contributed by atoms with Gasteiger partial charge in [0.2, 0.25) is 12.7 Å². The fourth-order valence-electron chi connectivity index (χ4n) is 3.98. The van der Waals surface area contributed by atoms with Crippen molar-refractivity contribution in [3.63, 3.8) is 0 Å². The highest BCUT2D eigenvalue weighted by Crippen LogP contribution is 2.49. The Labute approximate surface area is 212 Å². The van der Waals surface area contributed by atoms with E-state index in [1.165, 1.54) is 0 Å². The van der Waals surface area contributed by atoms with E-state index in [0.717, 1.165) is 16.7 Å². The molecule has 5 rings (SSSR count). The number of allylic oxidation sites excluding steroid dienone is 1. The molecule has 2 aliphatic heterocycles. The lowest BCUT2D eigenvalue weighted by molar-refractivity contribution is 0.174. The van der Waals surface area contributed by atoms with Crippen LogP contribution in [0.4, 0.5) is 0 Å². The maximum Gasteiger partial charge on any atom is 0.231 e. The van der Waals surface area contributed by atoms with Gasteiger partial charge in [-0.15, -0.1) is 0 Å². The maximum absolute atomic E-state index is 9.87. The van der Waals surface area contributed by atoms with Crippen LogP contribution in [0.2, 0.25) is 0 Å². The van der Waals surface area contributed by atoms with E-state index in [0.29, 0.717) is 43.1 Å². The Balaban J connectivity index is 1.53. The molecule has 2 N–H and O–H groups in total. The molecule has 2 heterocycles. The first-order chi connectivity index (χ1) is 16.5. The summed E-state index contributed by atoms with van der Waals surface area (Å²) >= 11 is 7.19. The largest absolute Gasteiger partial charge is 0.486 e. The summed E-state index contributed by atoms with van der Waals surface area (Å²) in [4.78, 5) is 0. The van der Waals surface area contributed by atoms with Gasteiger partial charge in [-0.25, -0.2) is 0 Å². The van der Waals surface area contributed by atoms with E-state index in [1.54, 1.807) is 12.1 Å². The average Bonchev–Trinajstić information content (AvgIpc) is 3.28. The quantitative estimate of drug-likeness (QED) is 0.427. The molecule has 0 fully saturated rings. The summed E-state index contributed by atoms with van der Waals surface area (Å²) in [6.07, 6.45) is 0. The monoisotopic (exact) mass is 579 g/mol. The lowest BCUT2D eigenvalue weighted by atomic mass is 9.83. The first kappa shape index (κ1) is 22.1. The number of hydrogen-bond acceptors (Lipinski definition) is 7. The number of benzene rings is 3. The van der Waals surface area contributed by atoms with Crippen LogP contribution in [0.1, 0.15) is 28.2 Å². The second-order valence-corrected chi connectivity index (χ2v) is 9.25. The van der Waals surface area contributed by atoms with E-state index in [1.807, 2.05) is 36.4 Å². The van der Waals surface area contributed by atoms with E-state index in [2.05, 4.69) is 44.0 Å². The number of halogens is 2. The minimum atomic E-state index is -0.482. The van der Waals surface area contributed by atoms with Crippen molar-refractivity contribution in [3.05, 3.63) is 91.2 Å². The van der Waals surface area contributed by atoms with E-state index >= 15 is 0 Å². The van der Waals surface area contributed by atoms with Crippen molar-refractivity contribution in [2.45, 2.75) is 12.5 Å². The molecule has 168 valence electrons. The summed E-state index contributed by atoms with van der Waals surface area (Å²) in [7, 11) is 0. The zero-order valence-electron chi connectivity index (χ0n) is 17.5. The molecule has 9 heteroatoms. The normalized spacial score (nSPS) is 15.7. The maximum atomic E-state index is 9.87. The molecule has 0 amide bonds. The fraction of sp³-hybridized carbons (Fsp3) is 0.120. The third-order valence-electron chi connectivity index (χ3n) is 5.57. The number of nitriles is 2. The molecular formula is C25H15Br2N3O4. The molecule has 3 aromatic rings. The van der Waals surface area contributed by atoms with Crippen LogP contribution >= 0.6 is 31.9 Å². The molecule has 0 aromatic heterocycles. The van der Waals surface area contributed by atoms with Gasteiger partial charge in [0, 0.05) is 17.2 Å². The molecule has 0 saturated heterocycles. The minimum absolute atomic E-state index is 0.0412. The van der Waals surface area contributed by atoms with Gasteiger partial charge in [0.1, 0.15) is 29.7 Å². The van der Waals surface area contributed by atoms with Crippen LogP contribution in [0.3, 0.4) is 0 Å². The molecule has 34 heavy (non-hydrogen) atoms. The van der Waals surface area contributed by atoms with Gasteiger partial charge >= 0.3 is 0 Å². The first-order valence-corrected chi connectivity index (χ1v) is 11.7. The van der Waals surface area contributed by atoms with E-state index in [9.17, 15) is 10.5 Å². The molecule has 3 aromatic carbocycles. The first-order valence-electron chi connectivity index (χ1n) is 10.1. The lowest BCUT2D eigenvalue weighted by Crippen LogP contribution is -2.21. The fourth-order valence-corrected chi connectivity index (χ4v) is 5.43. The highest BCUT2D eigenvalue weighted by atomic mass is 79.9. The van der Waals surface area contributed by atoms with Gasteiger partial charge in [-0.3, -0.25) is 0 Å². The Kier molecular flexibility index (Phi) is 5.82. The lowest BCUT2D eigenvalue weighted by Gasteiger charge is -2.27. The van der Waals surface area contributed by atoms with E-state index < -0.39 is 5.92 Å². The van der Waals surface area contributed by atoms with Crippen molar-refractivity contribution in [2.24, 2.45) is 5.73 Å². The van der Waals surface area contributed by atoms with Gasteiger partial charge in [-0.1, -0.05) is 18.2 Å². The number of rotatable bonds is 4. The van der Waals surface area contributed by atoms with Crippen LogP contribution in [0.25, 0.3) is 0 Å². The van der Waals surface area contributed by atoms with Crippen LogP contribution in [-0.2, 0) is 6.61 Å². The van der Waals surface area contributed by atoms with Crippen LogP contribution in [0.15, 0.2) is 68.9 Å². The number of fused-ring (bicyclic) bond motifs is 2.